The van der Waals surface area contributed by atoms with Crippen molar-refractivity contribution < 1.29 is 4.92 Å². The van der Waals surface area contributed by atoms with Gasteiger partial charge in [-0.25, -0.2) is 4.98 Å². The van der Waals surface area contributed by atoms with Gasteiger partial charge in [0.1, 0.15) is 12.0 Å². The van der Waals surface area contributed by atoms with Gasteiger partial charge in [0.25, 0.3) is 5.69 Å². The molecule has 1 aromatic heterocycles. The lowest BCUT2D eigenvalue weighted by atomic mass is 9.97. The molecule has 0 fully saturated rings. The van der Waals surface area contributed by atoms with E-state index in [2.05, 4.69) is 28.2 Å². The minimum Gasteiger partial charge on any atom is -0.340 e. The molecule has 6 heteroatoms. The molecule has 0 unspecified atom stereocenters. The monoisotopic (exact) mass is 312 g/mol. The Morgan fingerprint density at radius 1 is 1.43 bits per heavy atom. The molecule has 2 heterocycles. The molecular weight excluding hydrogens is 292 g/mol. The van der Waals surface area contributed by atoms with Crippen molar-refractivity contribution in [1.82, 2.24) is 9.88 Å². The molecule has 120 valence electrons. The van der Waals surface area contributed by atoms with Gasteiger partial charge in [-0.2, -0.15) is 0 Å². The van der Waals surface area contributed by atoms with Crippen LogP contribution in [0.15, 0.2) is 30.5 Å². The Morgan fingerprint density at radius 2 is 2.26 bits per heavy atom. The number of aryl methyl sites for hydroxylation is 1. The van der Waals surface area contributed by atoms with Crippen molar-refractivity contribution in [2.24, 2.45) is 0 Å². The summed E-state index contributed by atoms with van der Waals surface area (Å²) in [6.45, 7) is 6.98. The summed E-state index contributed by atoms with van der Waals surface area (Å²) in [4.78, 5) is 17.1. The van der Waals surface area contributed by atoms with E-state index in [1.54, 1.807) is 13.0 Å². The van der Waals surface area contributed by atoms with Gasteiger partial charge in [0.05, 0.1) is 4.92 Å². The highest BCUT2D eigenvalue weighted by molar-refractivity contribution is 5.64. The number of likely N-dealkylation sites (N-methyl/N-ethyl adjacent to an activating group) is 1. The van der Waals surface area contributed by atoms with Crippen LogP contribution in [0.4, 0.5) is 17.2 Å². The number of nitrogens with one attached hydrogen (secondary N) is 1. The van der Waals surface area contributed by atoms with Crippen LogP contribution in [0.3, 0.4) is 0 Å². The number of nitro groups is 1. The van der Waals surface area contributed by atoms with Crippen LogP contribution in [0.25, 0.3) is 0 Å². The molecule has 0 aliphatic carbocycles. The molecule has 1 N–H and O–H groups in total. The second-order valence-electron chi connectivity index (χ2n) is 5.80. The lowest BCUT2D eigenvalue weighted by molar-refractivity contribution is -0.385. The molecule has 0 spiro atoms. The van der Waals surface area contributed by atoms with Crippen molar-refractivity contribution in [2.45, 2.75) is 26.8 Å². The molecule has 1 aliphatic rings. The molecule has 6 nitrogen and oxygen atoms in total. The first-order valence-corrected chi connectivity index (χ1v) is 7.79. The normalized spacial score (nSPS) is 14.3. The second-order valence-corrected chi connectivity index (χ2v) is 5.80. The number of nitrogens with zero attached hydrogens (tertiary/aromatic N) is 3. The maximum absolute atomic E-state index is 10.9. The highest BCUT2D eigenvalue weighted by Crippen LogP contribution is 2.29. The molecule has 1 aliphatic heterocycles. The summed E-state index contributed by atoms with van der Waals surface area (Å²) in [5.74, 6) is 0.638. The maximum Gasteiger partial charge on any atom is 0.290 e. The zero-order valence-corrected chi connectivity index (χ0v) is 13.4. The van der Waals surface area contributed by atoms with Crippen molar-refractivity contribution in [3.8, 4) is 0 Å². The van der Waals surface area contributed by atoms with E-state index in [-0.39, 0.29) is 5.69 Å². The standard InChI is InChI=1S/C17H20N4O2/c1-3-20-8-7-14-13(11-20)5-4-6-15(14)19-17-9-12(2)16(10-18-17)21(22)23/h4-6,9-10H,3,7-8,11H2,1-2H3,(H,18,19). The van der Waals surface area contributed by atoms with Crippen LogP contribution >= 0.6 is 0 Å². The number of aromatic nitrogens is 1. The Bertz CT molecular complexity index is 745. The first kappa shape index (κ1) is 15.4. The van der Waals surface area contributed by atoms with Gasteiger partial charge < -0.3 is 5.32 Å². The average Bonchev–Trinajstić information content (AvgIpc) is 2.54. The summed E-state index contributed by atoms with van der Waals surface area (Å²) < 4.78 is 0. The van der Waals surface area contributed by atoms with Gasteiger partial charge in [0.2, 0.25) is 0 Å². The van der Waals surface area contributed by atoms with Gasteiger partial charge in [-0.3, -0.25) is 15.0 Å². The number of pyridine rings is 1. The van der Waals surface area contributed by atoms with Crippen LogP contribution in [-0.4, -0.2) is 27.9 Å². The zero-order chi connectivity index (χ0) is 16.4. The molecule has 0 amide bonds. The minimum absolute atomic E-state index is 0.0456. The first-order chi connectivity index (χ1) is 11.1. The molecule has 2 aromatic rings. The lowest BCUT2D eigenvalue weighted by Crippen LogP contribution is -2.30. The maximum atomic E-state index is 10.9. The molecule has 0 saturated carbocycles. The smallest absolute Gasteiger partial charge is 0.290 e. The van der Waals surface area contributed by atoms with Gasteiger partial charge in [-0.15, -0.1) is 0 Å². The van der Waals surface area contributed by atoms with Crippen molar-refractivity contribution in [3.05, 3.63) is 57.3 Å². The molecule has 0 saturated heterocycles. The average molecular weight is 312 g/mol. The summed E-state index contributed by atoms with van der Waals surface area (Å²) in [6, 6.07) is 7.97. The number of rotatable bonds is 4. The topological polar surface area (TPSA) is 71.3 Å². The van der Waals surface area contributed by atoms with Crippen molar-refractivity contribution in [2.75, 3.05) is 18.4 Å². The SMILES string of the molecule is CCN1CCc2c(cccc2Nc2cc(C)c([N+](=O)[O-])cn2)C1. The van der Waals surface area contributed by atoms with E-state index >= 15 is 0 Å². The Labute approximate surface area is 135 Å². The third-order valence-electron chi connectivity index (χ3n) is 4.33. The van der Waals surface area contributed by atoms with E-state index in [0.29, 0.717) is 11.4 Å². The number of anilines is 2. The van der Waals surface area contributed by atoms with Gasteiger partial charge in [-0.1, -0.05) is 19.1 Å². The van der Waals surface area contributed by atoms with Gasteiger partial charge in [-0.05, 0) is 43.1 Å². The quantitative estimate of drug-likeness (QED) is 0.692. The number of fused-ring (bicyclic) bond motifs is 1. The molecule has 0 radical (unpaired) electrons. The largest absolute Gasteiger partial charge is 0.340 e. The Morgan fingerprint density at radius 3 is 2.96 bits per heavy atom. The van der Waals surface area contributed by atoms with Crippen LogP contribution in [0, 0.1) is 17.0 Å². The minimum atomic E-state index is -0.407. The number of hydrogen-bond acceptors (Lipinski definition) is 5. The summed E-state index contributed by atoms with van der Waals surface area (Å²) >= 11 is 0. The Hall–Kier alpha value is -2.47. The third-order valence-corrected chi connectivity index (χ3v) is 4.33. The van der Waals surface area contributed by atoms with Crippen LogP contribution in [-0.2, 0) is 13.0 Å². The van der Waals surface area contributed by atoms with E-state index in [1.807, 2.05) is 12.1 Å². The van der Waals surface area contributed by atoms with E-state index in [9.17, 15) is 10.1 Å². The Kier molecular flexibility index (Phi) is 4.25. The van der Waals surface area contributed by atoms with Crippen LogP contribution in [0.2, 0.25) is 0 Å². The first-order valence-electron chi connectivity index (χ1n) is 7.79. The highest BCUT2D eigenvalue weighted by Gasteiger charge is 2.18. The predicted molar refractivity (Wildman–Crippen MR) is 90.0 cm³/mol. The zero-order valence-electron chi connectivity index (χ0n) is 13.4. The van der Waals surface area contributed by atoms with Crippen molar-refractivity contribution in [3.63, 3.8) is 0 Å². The lowest BCUT2D eigenvalue weighted by Gasteiger charge is -2.29. The van der Waals surface area contributed by atoms with Crippen LogP contribution < -0.4 is 5.32 Å². The third kappa shape index (κ3) is 3.17. The molecular formula is C17H20N4O2. The van der Waals surface area contributed by atoms with Gasteiger partial charge >= 0.3 is 0 Å². The summed E-state index contributed by atoms with van der Waals surface area (Å²) in [6.07, 6.45) is 2.31. The second kappa shape index (κ2) is 6.34. The fourth-order valence-electron chi connectivity index (χ4n) is 3.00. The summed E-state index contributed by atoms with van der Waals surface area (Å²) in [7, 11) is 0. The molecule has 3 rings (SSSR count). The van der Waals surface area contributed by atoms with Gasteiger partial charge in [0, 0.05) is 24.3 Å². The summed E-state index contributed by atoms with van der Waals surface area (Å²) in [5.41, 5.74) is 4.34. The van der Waals surface area contributed by atoms with E-state index in [4.69, 9.17) is 0 Å². The van der Waals surface area contributed by atoms with Crippen LogP contribution in [0.5, 0.6) is 0 Å². The van der Waals surface area contributed by atoms with Crippen molar-refractivity contribution in [1.29, 1.82) is 0 Å². The van der Waals surface area contributed by atoms with Gasteiger partial charge in [0.15, 0.2) is 0 Å². The summed E-state index contributed by atoms with van der Waals surface area (Å²) in [5, 5.41) is 14.2. The number of benzene rings is 1. The molecule has 0 atom stereocenters. The van der Waals surface area contributed by atoms with E-state index in [1.165, 1.54) is 17.3 Å². The molecule has 23 heavy (non-hydrogen) atoms. The predicted octanol–water partition coefficient (Wildman–Crippen LogP) is 3.42. The van der Waals surface area contributed by atoms with Crippen molar-refractivity contribution >= 4 is 17.2 Å². The molecule has 1 aromatic carbocycles. The Balaban J connectivity index is 1.87. The fourth-order valence-corrected chi connectivity index (χ4v) is 3.00. The van der Waals surface area contributed by atoms with Crippen LogP contribution in [0.1, 0.15) is 23.6 Å². The van der Waals surface area contributed by atoms with E-state index in [0.717, 1.165) is 31.7 Å². The van der Waals surface area contributed by atoms with E-state index < -0.39 is 4.92 Å². The fraction of sp³-hybridized carbons (Fsp3) is 0.353. The number of hydrogen-bond donors (Lipinski definition) is 1. The highest BCUT2D eigenvalue weighted by atomic mass is 16.6. The molecule has 0 bridgehead atoms.